The fourth-order valence-electron chi connectivity index (χ4n) is 4.47. The number of unbranched alkanes of at least 4 members (excludes halogenated alkanes) is 2. The van der Waals surface area contributed by atoms with Crippen molar-refractivity contribution in [2.45, 2.75) is 88.5 Å². The van der Waals surface area contributed by atoms with Crippen molar-refractivity contribution in [1.29, 1.82) is 0 Å². The van der Waals surface area contributed by atoms with E-state index in [2.05, 4.69) is 41.5 Å². The molecular weight excluding hydrogens is 412 g/mol. The van der Waals surface area contributed by atoms with Crippen molar-refractivity contribution in [1.82, 2.24) is 0 Å². The van der Waals surface area contributed by atoms with Gasteiger partial charge in [-0.15, -0.1) is 0 Å². The molecule has 0 spiro atoms. The van der Waals surface area contributed by atoms with Crippen molar-refractivity contribution in [3.05, 3.63) is 66.8 Å². The highest BCUT2D eigenvalue weighted by Crippen LogP contribution is 2.28. The number of hydrogen-bond donors (Lipinski definition) is 0. The maximum absolute atomic E-state index is 12.7. The Morgan fingerprint density at radius 3 is 0.939 bits per heavy atom. The molecule has 4 nitrogen and oxygen atoms in total. The molecule has 0 saturated carbocycles. The van der Waals surface area contributed by atoms with E-state index in [-0.39, 0.29) is 11.9 Å². The summed E-state index contributed by atoms with van der Waals surface area (Å²) in [6.45, 7) is 21.1. The molecule has 2 aromatic rings. The van der Waals surface area contributed by atoms with E-state index in [0.717, 1.165) is 63.8 Å². The van der Waals surface area contributed by atoms with Crippen LogP contribution in [0.15, 0.2) is 0 Å². The lowest BCUT2D eigenvalue weighted by Gasteiger charge is -2.18. The van der Waals surface area contributed by atoms with Gasteiger partial charge < -0.3 is 9.47 Å². The van der Waals surface area contributed by atoms with Gasteiger partial charge in [-0.1, -0.05) is 0 Å². The number of carbonyl (C=O) groups excluding carboxylic acids is 2. The summed E-state index contributed by atoms with van der Waals surface area (Å²) in [7, 11) is 0. The Kier molecular flexibility index (Phi) is 8.88. The van der Waals surface area contributed by atoms with Crippen molar-refractivity contribution in [3.8, 4) is 0 Å². The summed E-state index contributed by atoms with van der Waals surface area (Å²) in [4.78, 5) is 25.4. The standard InChI is InChI=1S/C29H40O4/c1-16-18(3)22(7)26(23(8)19(16)4)28(30)32-14-12-11-13-15-33-29(31)27-24(9)20(5)17(2)21(6)25(27)10/h11-15H2,1-10H3. The molecular formula is C29H40O4. The average molecular weight is 453 g/mol. The van der Waals surface area contributed by atoms with Gasteiger partial charge in [0.05, 0.1) is 24.3 Å². The Morgan fingerprint density at radius 1 is 0.424 bits per heavy atom. The molecule has 0 heterocycles. The normalized spacial score (nSPS) is 11.0. The Hall–Kier alpha value is -2.62. The van der Waals surface area contributed by atoms with Crippen LogP contribution in [0.2, 0.25) is 0 Å². The first-order valence-electron chi connectivity index (χ1n) is 11.9. The molecule has 0 aliphatic carbocycles. The summed E-state index contributed by atoms with van der Waals surface area (Å²) in [5.74, 6) is -0.502. The monoisotopic (exact) mass is 452 g/mol. The van der Waals surface area contributed by atoms with Crippen LogP contribution in [0.1, 0.15) is 95.6 Å². The Bertz CT molecular complexity index is 932. The summed E-state index contributed by atoms with van der Waals surface area (Å²) >= 11 is 0. The molecule has 33 heavy (non-hydrogen) atoms. The predicted octanol–water partition coefficient (Wildman–Crippen LogP) is 6.95. The summed E-state index contributed by atoms with van der Waals surface area (Å²) in [5, 5.41) is 0. The zero-order valence-electron chi connectivity index (χ0n) is 22.2. The lowest BCUT2D eigenvalue weighted by atomic mass is 9.90. The minimum atomic E-state index is -0.251. The molecule has 0 aromatic heterocycles. The Labute approximate surface area is 199 Å². The smallest absolute Gasteiger partial charge is 0.338 e. The molecule has 180 valence electrons. The first-order chi connectivity index (χ1) is 15.4. The fraction of sp³-hybridized carbons (Fsp3) is 0.517. The molecule has 4 heteroatoms. The van der Waals surface area contributed by atoms with Crippen LogP contribution in [0.25, 0.3) is 0 Å². The minimum absolute atomic E-state index is 0.251. The molecule has 0 radical (unpaired) electrons. The van der Waals surface area contributed by atoms with Crippen LogP contribution in [-0.2, 0) is 9.47 Å². The number of hydrogen-bond acceptors (Lipinski definition) is 4. The molecule has 2 rings (SSSR count). The number of carbonyl (C=O) groups is 2. The van der Waals surface area contributed by atoms with Gasteiger partial charge in [-0.25, -0.2) is 9.59 Å². The Balaban J connectivity index is 1.83. The van der Waals surface area contributed by atoms with Crippen molar-refractivity contribution < 1.29 is 19.1 Å². The highest BCUT2D eigenvalue weighted by Gasteiger charge is 2.20. The lowest BCUT2D eigenvalue weighted by molar-refractivity contribution is 0.0476. The maximum atomic E-state index is 12.7. The van der Waals surface area contributed by atoms with Crippen LogP contribution in [0.5, 0.6) is 0 Å². The summed E-state index contributed by atoms with van der Waals surface area (Å²) in [6.07, 6.45) is 2.31. The highest BCUT2D eigenvalue weighted by atomic mass is 16.5. The second kappa shape index (κ2) is 11.0. The van der Waals surface area contributed by atoms with Gasteiger partial charge in [0.25, 0.3) is 0 Å². The van der Waals surface area contributed by atoms with Gasteiger partial charge in [0.15, 0.2) is 0 Å². The third kappa shape index (κ3) is 5.48. The second-order valence-electron chi connectivity index (χ2n) is 9.33. The molecule has 0 unspecified atom stereocenters. The quantitative estimate of drug-likeness (QED) is 0.321. The van der Waals surface area contributed by atoms with Gasteiger partial charge in [0, 0.05) is 0 Å². The highest BCUT2D eigenvalue weighted by molar-refractivity contribution is 5.94. The van der Waals surface area contributed by atoms with Crippen molar-refractivity contribution in [2.75, 3.05) is 13.2 Å². The maximum Gasteiger partial charge on any atom is 0.338 e. The molecule has 0 bridgehead atoms. The Morgan fingerprint density at radius 2 is 0.667 bits per heavy atom. The zero-order valence-corrected chi connectivity index (χ0v) is 22.2. The zero-order chi connectivity index (χ0) is 25.0. The van der Waals surface area contributed by atoms with E-state index in [1.807, 2.05) is 27.7 Å². The molecule has 0 aliphatic heterocycles. The summed E-state index contributed by atoms with van der Waals surface area (Å²) in [6, 6.07) is 0. The van der Waals surface area contributed by atoms with E-state index in [1.165, 1.54) is 11.1 Å². The van der Waals surface area contributed by atoms with Crippen LogP contribution in [-0.4, -0.2) is 25.2 Å². The van der Waals surface area contributed by atoms with Crippen LogP contribution >= 0.6 is 0 Å². The number of benzene rings is 2. The van der Waals surface area contributed by atoms with Crippen LogP contribution in [0.3, 0.4) is 0 Å². The number of rotatable bonds is 8. The first-order valence-corrected chi connectivity index (χ1v) is 11.9. The van der Waals surface area contributed by atoms with E-state index < -0.39 is 0 Å². The third-order valence-electron chi connectivity index (χ3n) is 7.66. The predicted molar refractivity (Wildman–Crippen MR) is 135 cm³/mol. The second-order valence-corrected chi connectivity index (χ2v) is 9.33. The van der Waals surface area contributed by atoms with Crippen molar-refractivity contribution >= 4 is 11.9 Å². The molecule has 0 fully saturated rings. The van der Waals surface area contributed by atoms with Gasteiger partial charge in [0.1, 0.15) is 0 Å². The van der Waals surface area contributed by atoms with Gasteiger partial charge in [-0.05, 0) is 144 Å². The van der Waals surface area contributed by atoms with Gasteiger partial charge in [0.2, 0.25) is 0 Å². The average Bonchev–Trinajstić information content (AvgIpc) is 2.78. The van der Waals surface area contributed by atoms with Gasteiger partial charge >= 0.3 is 11.9 Å². The molecule has 0 saturated heterocycles. The molecule has 0 atom stereocenters. The first kappa shape index (κ1) is 26.6. The number of ether oxygens (including phenoxy) is 2. The van der Waals surface area contributed by atoms with Crippen molar-refractivity contribution in [2.24, 2.45) is 0 Å². The summed E-state index contributed by atoms with van der Waals surface area (Å²) < 4.78 is 11.1. The SMILES string of the molecule is Cc1c(C)c(C)c(C(=O)OCCCCCOC(=O)c2c(C)c(C)c(C)c(C)c2C)c(C)c1C. The topological polar surface area (TPSA) is 52.6 Å². The van der Waals surface area contributed by atoms with Crippen LogP contribution < -0.4 is 0 Å². The summed E-state index contributed by atoms with van der Waals surface area (Å²) in [5.41, 5.74) is 12.5. The largest absolute Gasteiger partial charge is 0.462 e. The van der Waals surface area contributed by atoms with Crippen molar-refractivity contribution in [3.63, 3.8) is 0 Å². The van der Waals surface area contributed by atoms with E-state index in [9.17, 15) is 9.59 Å². The van der Waals surface area contributed by atoms with E-state index in [1.54, 1.807) is 0 Å². The van der Waals surface area contributed by atoms with E-state index >= 15 is 0 Å². The van der Waals surface area contributed by atoms with E-state index in [4.69, 9.17) is 9.47 Å². The molecule has 0 amide bonds. The fourth-order valence-corrected chi connectivity index (χ4v) is 4.47. The lowest BCUT2D eigenvalue weighted by Crippen LogP contribution is -2.14. The van der Waals surface area contributed by atoms with Crippen LogP contribution in [0.4, 0.5) is 0 Å². The van der Waals surface area contributed by atoms with Gasteiger partial charge in [-0.3, -0.25) is 0 Å². The molecule has 0 N–H and O–H groups in total. The van der Waals surface area contributed by atoms with Crippen LogP contribution in [0, 0.1) is 69.2 Å². The van der Waals surface area contributed by atoms with Gasteiger partial charge in [-0.2, -0.15) is 0 Å². The molecule has 0 aliphatic rings. The molecule has 2 aromatic carbocycles. The minimum Gasteiger partial charge on any atom is -0.462 e. The third-order valence-corrected chi connectivity index (χ3v) is 7.66. The van der Waals surface area contributed by atoms with E-state index in [0.29, 0.717) is 24.3 Å². The number of esters is 2.